The number of carboxylic acids is 3. The Bertz CT molecular complexity index is 3400. The van der Waals surface area contributed by atoms with Gasteiger partial charge in [-0.1, -0.05) is 0 Å². The number of aromatic nitrogens is 2. The summed E-state index contributed by atoms with van der Waals surface area (Å²) in [5.41, 5.74) is 3.33. The number of aliphatic hydroxyl groups excluding tert-OH is 13. The molecule has 5 amide bonds. The van der Waals surface area contributed by atoms with E-state index in [9.17, 15) is 133 Å². The van der Waals surface area contributed by atoms with Crippen LogP contribution >= 0.6 is 15.6 Å². The average molecular weight is 1820 g/mol. The van der Waals surface area contributed by atoms with Crippen molar-refractivity contribution in [1.82, 2.24) is 36.1 Å². The van der Waals surface area contributed by atoms with E-state index in [0.717, 1.165) is 12.3 Å². The number of hydrogen-bond acceptors (Lipinski definition) is 44. The van der Waals surface area contributed by atoms with Gasteiger partial charge < -0.3 is 186 Å². The van der Waals surface area contributed by atoms with E-state index in [1.807, 2.05) is 4.98 Å². The number of phosphoric ester groups is 2. The Morgan fingerprint density at radius 3 is 1.28 bits per heavy atom. The second-order valence-corrected chi connectivity index (χ2v) is 27.9. The third kappa shape index (κ3) is 45.0. The molecular weight excluding hydrogens is 1710 g/mol. The minimum absolute atomic E-state index is 0. The number of hydrogen-bond donors (Lipinski definition) is 23. The Morgan fingerprint density at radius 1 is 0.492 bits per heavy atom. The molecule has 120 heavy (non-hydrogen) atoms. The van der Waals surface area contributed by atoms with Crippen molar-refractivity contribution in [3.05, 3.63) is 33.1 Å². The molecule has 0 bridgehead atoms. The number of aromatic amines is 1. The number of H-pyrrole nitrogens is 1. The first-order valence-electron chi connectivity index (χ1n) is 35.0. The molecule has 1 aromatic heterocycles. The Hall–Kier alpha value is -3.83. The van der Waals surface area contributed by atoms with Crippen LogP contribution in [-0.4, -0.2) is 393 Å². The number of nitrogens with zero attached hydrogens (tertiary/aromatic N) is 1. The molecule has 0 spiro atoms. The van der Waals surface area contributed by atoms with E-state index in [0.29, 0.717) is 31.0 Å². The van der Waals surface area contributed by atoms with Crippen LogP contribution in [0.5, 0.6) is 0 Å². The SMILES string of the molecule is COCCOCCC(=O)NC(CCC(=O)NCC1OC(O)C(O)[C@@H](O)[C@H]1O)C(=O)O.COCCOCCC(=O)NC(CCC(=O)NCC1OC(OP(=O)([O-])OP(=O)([O-])OC[C@H]2O[C@@H](n3ccc(=O)[nH]c3=O)C(O)[C@H]2O)C(O)[C@@H](O)[C@H]1O)C(=O)O.COCCOCCC(=O)NC(CCC(=O)O)C(=O)OC.NCC1OC(O)C(O)[C@@H](O)[C@H]1O.[Na+].[Na+].[Na+].[OH-]. The summed E-state index contributed by atoms with van der Waals surface area (Å²) in [7, 11) is -6.37. The second-order valence-electron chi connectivity index (χ2n) is 25.0. The molecule has 1 aromatic rings. The Kier molecular flexibility index (Phi) is 63.3. The minimum atomic E-state index is -6.10. The van der Waals surface area contributed by atoms with Crippen LogP contribution in [0.2, 0.25) is 0 Å². The van der Waals surface area contributed by atoms with Crippen molar-refractivity contribution in [2.45, 2.75) is 193 Å². The Morgan fingerprint density at radius 2 is 0.883 bits per heavy atom. The largest absolute Gasteiger partial charge is 1.00 e. The summed E-state index contributed by atoms with van der Waals surface area (Å²) in [6, 6.07) is -2.83. The number of amides is 5. The van der Waals surface area contributed by atoms with Crippen LogP contribution in [0, 0.1) is 0 Å². The molecule has 4 fully saturated rings. The van der Waals surface area contributed by atoms with Crippen LogP contribution in [0.25, 0.3) is 0 Å². The third-order valence-electron chi connectivity index (χ3n) is 16.3. The van der Waals surface area contributed by atoms with E-state index in [4.69, 9.17) is 73.5 Å². The van der Waals surface area contributed by atoms with Gasteiger partial charge >= 0.3 is 118 Å². The van der Waals surface area contributed by atoms with Crippen molar-refractivity contribution in [2.75, 3.05) is 114 Å². The predicted octanol–water partition coefficient (Wildman–Crippen LogP) is -23.1. The van der Waals surface area contributed by atoms with Gasteiger partial charge in [0.1, 0.15) is 110 Å². The van der Waals surface area contributed by atoms with Gasteiger partial charge in [0.15, 0.2) is 25.1 Å². The molecule has 0 aromatic carbocycles. The van der Waals surface area contributed by atoms with E-state index in [1.165, 1.54) is 21.3 Å². The molecule has 678 valence electrons. The predicted molar refractivity (Wildman–Crippen MR) is 372 cm³/mol. The average Bonchev–Trinajstić information content (AvgIpc) is 1.60. The molecule has 15 unspecified atom stereocenters. The summed E-state index contributed by atoms with van der Waals surface area (Å²) < 4.78 is 92.5. The zero-order chi connectivity index (χ0) is 87.7. The van der Waals surface area contributed by atoms with E-state index in [2.05, 4.69) is 44.7 Å². The topological polar surface area (TPSA) is 858 Å². The summed E-state index contributed by atoms with van der Waals surface area (Å²) >= 11 is 0. The summed E-state index contributed by atoms with van der Waals surface area (Å²) in [5, 5.41) is 165. The van der Waals surface area contributed by atoms with Crippen LogP contribution in [0.1, 0.15) is 64.0 Å². The van der Waals surface area contributed by atoms with Gasteiger partial charge in [0, 0.05) is 91.8 Å². The number of carbonyl (C=O) groups is 9. The molecule has 5 rings (SSSR count). The zero-order valence-corrected chi connectivity index (χ0v) is 74.1. The maximum atomic E-state index is 12.5. The van der Waals surface area contributed by atoms with Gasteiger partial charge in [-0.15, -0.1) is 0 Å². The normalized spacial score (nSPS) is 27.1. The fourth-order valence-electron chi connectivity index (χ4n) is 9.94. The van der Waals surface area contributed by atoms with E-state index in [-0.39, 0.29) is 185 Å². The molecule has 4 aliphatic heterocycles. The fraction of sp³-hybridized carbons (Fsp3) is 0.787. The molecule has 5 heterocycles. The van der Waals surface area contributed by atoms with Gasteiger partial charge in [0.05, 0.1) is 73.2 Å². The Balaban J connectivity index is -0.00000174. The molecule has 54 nitrogen and oxygen atoms in total. The first-order valence-corrected chi connectivity index (χ1v) is 37.9. The number of methoxy groups -OCH3 is 4. The van der Waals surface area contributed by atoms with Crippen LogP contribution < -0.4 is 142 Å². The fourth-order valence-corrected chi connectivity index (χ4v) is 12.0. The quantitative estimate of drug-likeness (QED) is 0.0125. The molecule has 0 saturated carbocycles. The van der Waals surface area contributed by atoms with E-state index in [1.54, 1.807) is 7.11 Å². The maximum Gasteiger partial charge on any atom is 1.00 e. The number of carboxylic acid groups (broad SMARTS) is 3. The number of nitrogens with two attached hydrogens (primary N) is 1. The number of nitrogens with one attached hydrogen (secondary N) is 6. The van der Waals surface area contributed by atoms with Gasteiger partial charge in [-0.05, 0) is 19.3 Å². The first kappa shape index (κ1) is 120. The monoisotopic (exact) mass is 1820 g/mol. The molecule has 59 heteroatoms. The van der Waals surface area contributed by atoms with Gasteiger partial charge in [-0.2, -0.15) is 0 Å². The minimum Gasteiger partial charge on any atom is -0.870 e. The van der Waals surface area contributed by atoms with Crippen LogP contribution in [-0.2, 0) is 118 Å². The number of aliphatic hydroxyl groups is 13. The molecule has 25 N–H and O–H groups in total. The van der Waals surface area contributed by atoms with E-state index < -0.39 is 241 Å². The zero-order valence-electron chi connectivity index (χ0n) is 66.3. The molecule has 24 atom stereocenters. The van der Waals surface area contributed by atoms with Gasteiger partial charge in [-0.25, -0.2) is 23.5 Å². The van der Waals surface area contributed by atoms with Crippen LogP contribution in [0.4, 0.5) is 0 Å². The molecule has 4 saturated heterocycles. The molecule has 0 radical (unpaired) electrons. The smallest absolute Gasteiger partial charge is 0.870 e. The van der Waals surface area contributed by atoms with Crippen molar-refractivity contribution >= 4 is 69.1 Å². The van der Waals surface area contributed by atoms with Crippen molar-refractivity contribution in [3.63, 3.8) is 0 Å². The number of carbonyl (C=O) groups excluding carboxylic acids is 6. The molecular formula is C61H105N8Na3O46P2. The number of aliphatic carboxylic acids is 3. The maximum absolute atomic E-state index is 12.5. The number of esters is 1. The van der Waals surface area contributed by atoms with Crippen molar-refractivity contribution in [1.29, 1.82) is 0 Å². The first-order chi connectivity index (χ1) is 54.5. The summed E-state index contributed by atoms with van der Waals surface area (Å²) in [6.45, 7) is 0.0620. The third-order valence-corrected chi connectivity index (χ3v) is 18.9. The Labute approximate surface area is 748 Å². The van der Waals surface area contributed by atoms with Crippen molar-refractivity contribution < 1.29 is 303 Å². The van der Waals surface area contributed by atoms with Crippen LogP contribution in [0.15, 0.2) is 21.9 Å². The van der Waals surface area contributed by atoms with Gasteiger partial charge in [0.2, 0.25) is 29.5 Å². The van der Waals surface area contributed by atoms with Gasteiger partial charge in [0.25, 0.3) is 21.2 Å². The summed E-state index contributed by atoms with van der Waals surface area (Å²) in [5.74, 6) is -7.52. The number of phosphoric acid groups is 2. The number of ether oxygens (including phenoxy) is 11. The van der Waals surface area contributed by atoms with Crippen molar-refractivity contribution in [3.8, 4) is 0 Å². The summed E-state index contributed by atoms with van der Waals surface area (Å²) in [4.78, 5) is 154. The van der Waals surface area contributed by atoms with Crippen LogP contribution in [0.3, 0.4) is 0 Å². The standard InChI is InChI=1S/C26H42N4O22P2.C17H30N2O11.C12H21NO7.C6H13NO5.3Na.H2O/c1-46-8-9-47-7-5-17(33)28-12(24(39)40)2-3-15(31)27-10-13-18(34)20(36)22(38)25(50-13)51-54(44,45)52-53(42,43)48-11-14-19(35)21(37)23(49-14)30-6-4-16(32)29-26(30)41;1-28-6-7-29-5-4-12(21)19-9(16(25)26)2-3-11(20)18-8-10-13(22)14(23)15(24)17(27)30-10;1-18-7-8-20-6-5-10(14)13-9(12(17)19-2)3-4-11(15)16;7-1-2-3(8)4(9)5(10)6(11)12-2;;;;/h4,6,12-14,18-23,25,34-38H,2-3,5,7-11H2,1H3,(H,27,31)(H,28,33)(H,39,40)(H,42,43)(H,44,45)(H,29,32,41);9-10,13-15,17,22-24,27H,2-8H2,1H3,(H,18,20)(H,19,21)(H,25,26);9H,3-8H2,1-2H3,(H,13,14)(H,15,16);2-6,8-11H,1,7H2;;;;1H2/q;;;;3*+1;/p-3/t12?,13?,14-,18+,19+,20+,21?,22?,23-,25?;9?,10?,13-,14-,15?,17?;;2?,3-,4-,5?,6?;;;;/m10.0..../s1. The second kappa shape index (κ2) is 63.2. The van der Waals surface area contributed by atoms with E-state index >= 15 is 0 Å². The number of rotatable bonds is 46. The van der Waals surface area contributed by atoms with Gasteiger partial charge in [-0.3, -0.25) is 56.8 Å². The molecule has 4 aliphatic rings. The van der Waals surface area contributed by atoms with Crippen molar-refractivity contribution in [2.24, 2.45) is 5.73 Å². The summed E-state index contributed by atoms with van der Waals surface area (Å²) in [6.07, 6.45) is -32.8. The molecule has 0 aliphatic carbocycles.